The van der Waals surface area contributed by atoms with Crippen molar-refractivity contribution in [2.75, 3.05) is 31.3 Å². The summed E-state index contributed by atoms with van der Waals surface area (Å²) in [6.45, 7) is 7.24. The van der Waals surface area contributed by atoms with Gasteiger partial charge in [-0.3, -0.25) is 0 Å². The SMILES string of the molecule is CNS(=O)(=O)c1ccc(N(C)CC(C)(C)C)c(N)c1. The number of nitrogens with two attached hydrogens (primary N) is 1. The van der Waals surface area contributed by atoms with Gasteiger partial charge in [0.1, 0.15) is 0 Å². The van der Waals surface area contributed by atoms with E-state index < -0.39 is 10.0 Å². The topological polar surface area (TPSA) is 75.4 Å². The van der Waals surface area contributed by atoms with Gasteiger partial charge in [0.2, 0.25) is 10.0 Å². The Hall–Kier alpha value is -1.27. The molecular formula is C13H23N3O2S. The number of hydrogen-bond acceptors (Lipinski definition) is 4. The van der Waals surface area contributed by atoms with Gasteiger partial charge in [0.15, 0.2) is 0 Å². The number of hydrogen-bond donors (Lipinski definition) is 2. The maximum absolute atomic E-state index is 11.7. The van der Waals surface area contributed by atoms with Crippen LogP contribution in [0.25, 0.3) is 0 Å². The van der Waals surface area contributed by atoms with Crippen LogP contribution in [0, 0.1) is 5.41 Å². The van der Waals surface area contributed by atoms with Crippen molar-refractivity contribution in [3.63, 3.8) is 0 Å². The van der Waals surface area contributed by atoms with Crippen LogP contribution >= 0.6 is 0 Å². The molecule has 108 valence electrons. The fraction of sp³-hybridized carbons (Fsp3) is 0.538. The Balaban J connectivity index is 3.08. The van der Waals surface area contributed by atoms with Gasteiger partial charge in [0.25, 0.3) is 0 Å². The molecule has 0 atom stereocenters. The van der Waals surface area contributed by atoms with Crippen LogP contribution in [0.5, 0.6) is 0 Å². The van der Waals surface area contributed by atoms with Gasteiger partial charge in [0.05, 0.1) is 16.3 Å². The Labute approximate surface area is 115 Å². The summed E-state index contributed by atoms with van der Waals surface area (Å²) in [6.07, 6.45) is 0. The monoisotopic (exact) mass is 285 g/mol. The van der Waals surface area contributed by atoms with Crippen molar-refractivity contribution >= 4 is 21.4 Å². The Morgan fingerprint density at radius 1 is 1.32 bits per heavy atom. The smallest absolute Gasteiger partial charge is 0.240 e. The first-order valence-corrected chi connectivity index (χ1v) is 7.59. The Morgan fingerprint density at radius 3 is 2.32 bits per heavy atom. The highest BCUT2D eigenvalue weighted by Gasteiger charge is 2.18. The highest BCUT2D eigenvalue weighted by molar-refractivity contribution is 7.89. The zero-order valence-electron chi connectivity index (χ0n) is 12.2. The lowest BCUT2D eigenvalue weighted by molar-refractivity contribution is 0.419. The number of nitrogens with one attached hydrogen (secondary N) is 1. The summed E-state index contributed by atoms with van der Waals surface area (Å²) in [6, 6.07) is 4.79. The summed E-state index contributed by atoms with van der Waals surface area (Å²) in [5.74, 6) is 0. The van der Waals surface area contributed by atoms with Gasteiger partial charge >= 0.3 is 0 Å². The molecule has 1 aromatic carbocycles. The third-order valence-corrected chi connectivity index (χ3v) is 4.11. The Kier molecular flexibility index (Phi) is 4.47. The summed E-state index contributed by atoms with van der Waals surface area (Å²) in [5, 5.41) is 0. The van der Waals surface area contributed by atoms with E-state index in [0.29, 0.717) is 5.69 Å². The quantitative estimate of drug-likeness (QED) is 0.825. The average Bonchev–Trinajstić information content (AvgIpc) is 2.26. The number of nitrogens with zero attached hydrogens (tertiary/aromatic N) is 1. The predicted octanol–water partition coefficient (Wildman–Crippen LogP) is 1.66. The van der Waals surface area contributed by atoms with Crippen LogP contribution in [-0.2, 0) is 10.0 Å². The van der Waals surface area contributed by atoms with Gasteiger partial charge < -0.3 is 10.6 Å². The minimum atomic E-state index is -3.45. The van der Waals surface area contributed by atoms with Gasteiger partial charge in [-0.1, -0.05) is 20.8 Å². The summed E-state index contributed by atoms with van der Waals surface area (Å²) >= 11 is 0. The maximum atomic E-state index is 11.7. The number of sulfonamides is 1. The lowest BCUT2D eigenvalue weighted by atomic mass is 9.96. The van der Waals surface area contributed by atoms with E-state index in [0.717, 1.165) is 12.2 Å². The lowest BCUT2D eigenvalue weighted by Gasteiger charge is -2.29. The minimum Gasteiger partial charge on any atom is -0.397 e. The summed E-state index contributed by atoms with van der Waals surface area (Å²) in [7, 11) is -0.119. The van der Waals surface area contributed by atoms with Crippen molar-refractivity contribution in [2.24, 2.45) is 5.41 Å². The van der Waals surface area contributed by atoms with Crippen LogP contribution < -0.4 is 15.4 Å². The first kappa shape index (κ1) is 15.8. The van der Waals surface area contributed by atoms with E-state index in [2.05, 4.69) is 25.5 Å². The molecule has 0 aliphatic heterocycles. The molecule has 1 aromatic rings. The molecule has 6 heteroatoms. The van der Waals surface area contributed by atoms with Crippen molar-refractivity contribution in [2.45, 2.75) is 25.7 Å². The summed E-state index contributed by atoms with van der Waals surface area (Å²) in [5.41, 5.74) is 7.39. The standard InChI is InChI=1S/C13H23N3O2S/c1-13(2,3)9-16(5)12-7-6-10(8-11(12)14)19(17,18)15-4/h6-8,15H,9,14H2,1-5H3. The largest absolute Gasteiger partial charge is 0.397 e. The molecule has 0 unspecified atom stereocenters. The second-order valence-corrected chi connectivity index (χ2v) is 7.73. The van der Waals surface area contributed by atoms with Crippen LogP contribution in [0.3, 0.4) is 0 Å². The molecule has 0 amide bonds. The van der Waals surface area contributed by atoms with E-state index in [1.807, 2.05) is 11.9 Å². The second kappa shape index (κ2) is 5.38. The Morgan fingerprint density at radius 2 is 1.89 bits per heavy atom. The van der Waals surface area contributed by atoms with Crippen molar-refractivity contribution in [3.8, 4) is 0 Å². The van der Waals surface area contributed by atoms with E-state index in [-0.39, 0.29) is 10.3 Å². The van der Waals surface area contributed by atoms with Crippen LogP contribution in [0.2, 0.25) is 0 Å². The van der Waals surface area contributed by atoms with Gasteiger partial charge in [0, 0.05) is 13.6 Å². The van der Waals surface area contributed by atoms with Gasteiger partial charge in [-0.15, -0.1) is 0 Å². The van der Waals surface area contributed by atoms with Gasteiger partial charge in [-0.05, 0) is 30.7 Å². The molecule has 0 aromatic heterocycles. The van der Waals surface area contributed by atoms with Crippen molar-refractivity contribution < 1.29 is 8.42 Å². The predicted molar refractivity (Wildman–Crippen MR) is 79.8 cm³/mol. The third-order valence-electron chi connectivity index (χ3n) is 2.70. The van der Waals surface area contributed by atoms with Gasteiger partial charge in [-0.2, -0.15) is 0 Å². The lowest BCUT2D eigenvalue weighted by Crippen LogP contribution is -2.29. The fourth-order valence-corrected chi connectivity index (χ4v) is 2.73. The van der Waals surface area contributed by atoms with Crippen LogP contribution in [0.15, 0.2) is 23.1 Å². The zero-order valence-corrected chi connectivity index (χ0v) is 13.0. The molecule has 0 radical (unpaired) electrons. The van der Waals surface area contributed by atoms with Gasteiger partial charge in [-0.25, -0.2) is 13.1 Å². The van der Waals surface area contributed by atoms with E-state index in [4.69, 9.17) is 5.73 Å². The average molecular weight is 285 g/mol. The normalized spacial score (nSPS) is 12.5. The molecule has 1 rings (SSSR count). The number of anilines is 2. The summed E-state index contributed by atoms with van der Waals surface area (Å²) < 4.78 is 25.6. The highest BCUT2D eigenvalue weighted by atomic mass is 32.2. The van der Waals surface area contributed by atoms with E-state index in [1.54, 1.807) is 12.1 Å². The van der Waals surface area contributed by atoms with Crippen molar-refractivity contribution in [1.82, 2.24) is 4.72 Å². The minimum absolute atomic E-state index is 0.136. The molecule has 0 saturated carbocycles. The molecule has 0 heterocycles. The molecule has 0 spiro atoms. The van der Waals surface area contributed by atoms with Crippen LogP contribution in [0.1, 0.15) is 20.8 Å². The molecule has 0 fully saturated rings. The first-order chi connectivity index (χ1) is 8.57. The maximum Gasteiger partial charge on any atom is 0.240 e. The van der Waals surface area contributed by atoms with E-state index >= 15 is 0 Å². The molecule has 0 saturated heterocycles. The molecule has 0 aliphatic carbocycles. The second-order valence-electron chi connectivity index (χ2n) is 5.84. The fourth-order valence-electron chi connectivity index (χ4n) is 1.96. The molecule has 5 nitrogen and oxygen atoms in total. The molecule has 3 N–H and O–H groups in total. The number of benzene rings is 1. The number of nitrogen functional groups attached to an aromatic ring is 1. The van der Waals surface area contributed by atoms with Crippen molar-refractivity contribution in [1.29, 1.82) is 0 Å². The Bertz CT molecular complexity index is 547. The zero-order chi connectivity index (χ0) is 14.8. The summed E-state index contributed by atoms with van der Waals surface area (Å²) in [4.78, 5) is 2.21. The number of rotatable bonds is 4. The molecule has 19 heavy (non-hydrogen) atoms. The van der Waals surface area contributed by atoms with Crippen LogP contribution in [-0.4, -0.2) is 29.1 Å². The van der Waals surface area contributed by atoms with Crippen LogP contribution in [0.4, 0.5) is 11.4 Å². The highest BCUT2D eigenvalue weighted by Crippen LogP contribution is 2.27. The van der Waals surface area contributed by atoms with E-state index in [1.165, 1.54) is 13.1 Å². The third kappa shape index (κ3) is 4.11. The van der Waals surface area contributed by atoms with E-state index in [9.17, 15) is 8.42 Å². The molecule has 0 aliphatic rings. The molecule has 0 bridgehead atoms. The first-order valence-electron chi connectivity index (χ1n) is 6.11. The molecular weight excluding hydrogens is 262 g/mol. The van der Waals surface area contributed by atoms with Crippen molar-refractivity contribution in [3.05, 3.63) is 18.2 Å².